The van der Waals surface area contributed by atoms with Gasteiger partial charge >= 0.3 is 0 Å². The molecule has 2 heteroatoms. The van der Waals surface area contributed by atoms with Crippen LogP contribution in [0.15, 0.2) is 24.3 Å². The average Bonchev–Trinajstić information content (AvgIpc) is 2.29. The van der Waals surface area contributed by atoms with Crippen molar-refractivity contribution in [2.45, 2.75) is 52.1 Å². The first-order valence-electron chi connectivity index (χ1n) is 6.18. The summed E-state index contributed by atoms with van der Waals surface area (Å²) in [6, 6.07) is 9.12. The zero-order valence-corrected chi connectivity index (χ0v) is 11.2. The largest absolute Gasteiger partial charge is 0.307 e. The van der Waals surface area contributed by atoms with E-state index < -0.39 is 0 Å². The summed E-state index contributed by atoms with van der Waals surface area (Å²) >= 11 is 5.88. The van der Waals surface area contributed by atoms with Gasteiger partial charge in [-0.3, -0.25) is 0 Å². The van der Waals surface area contributed by atoms with E-state index in [0.717, 1.165) is 5.02 Å². The molecule has 0 saturated carbocycles. The number of benzene rings is 1. The summed E-state index contributed by atoms with van der Waals surface area (Å²) in [4.78, 5) is 0. The molecule has 0 aliphatic carbocycles. The number of rotatable bonds is 6. The first-order valence-corrected chi connectivity index (χ1v) is 6.56. The molecule has 0 aliphatic heterocycles. The standard InChI is InChI=1S/C14H22ClN/c1-4-6-14(5-2)16-11(3)12-7-9-13(15)10-8-12/h7-11,14,16H,4-6H2,1-3H3. The smallest absolute Gasteiger partial charge is 0.0406 e. The molecule has 1 N–H and O–H groups in total. The van der Waals surface area contributed by atoms with Crippen LogP contribution in [0.3, 0.4) is 0 Å². The molecule has 0 radical (unpaired) electrons. The summed E-state index contributed by atoms with van der Waals surface area (Å²) in [6.07, 6.45) is 3.67. The molecule has 1 nitrogen and oxygen atoms in total. The maximum absolute atomic E-state index is 5.88. The molecule has 1 rings (SSSR count). The highest BCUT2D eigenvalue weighted by Crippen LogP contribution is 2.17. The van der Waals surface area contributed by atoms with Crippen LogP contribution in [-0.2, 0) is 0 Å². The third-order valence-electron chi connectivity index (χ3n) is 2.99. The summed E-state index contributed by atoms with van der Waals surface area (Å²) in [5.41, 5.74) is 1.30. The van der Waals surface area contributed by atoms with Crippen LogP contribution in [0.1, 0.15) is 51.6 Å². The second kappa shape index (κ2) is 6.93. The Labute approximate surface area is 104 Å². The Hall–Kier alpha value is -0.530. The van der Waals surface area contributed by atoms with Crippen molar-refractivity contribution in [2.24, 2.45) is 0 Å². The van der Waals surface area contributed by atoms with Gasteiger partial charge in [0, 0.05) is 17.1 Å². The monoisotopic (exact) mass is 239 g/mol. The molecule has 0 bridgehead atoms. The molecule has 1 aromatic carbocycles. The van der Waals surface area contributed by atoms with Crippen molar-refractivity contribution >= 4 is 11.6 Å². The van der Waals surface area contributed by atoms with Crippen LogP contribution in [0.2, 0.25) is 5.02 Å². The Balaban J connectivity index is 2.56. The Morgan fingerprint density at radius 1 is 1.19 bits per heavy atom. The van der Waals surface area contributed by atoms with E-state index in [1.807, 2.05) is 12.1 Å². The Morgan fingerprint density at radius 3 is 2.31 bits per heavy atom. The van der Waals surface area contributed by atoms with Gasteiger partial charge in [0.25, 0.3) is 0 Å². The van der Waals surface area contributed by atoms with Gasteiger partial charge in [0.2, 0.25) is 0 Å². The third kappa shape index (κ3) is 4.15. The van der Waals surface area contributed by atoms with Gasteiger partial charge in [-0.15, -0.1) is 0 Å². The van der Waals surface area contributed by atoms with Crippen LogP contribution in [0.5, 0.6) is 0 Å². The van der Waals surface area contributed by atoms with E-state index in [1.54, 1.807) is 0 Å². The SMILES string of the molecule is CCCC(CC)NC(C)c1ccc(Cl)cc1. The highest BCUT2D eigenvalue weighted by atomic mass is 35.5. The minimum Gasteiger partial charge on any atom is -0.307 e. The minimum atomic E-state index is 0.397. The normalized spacial score (nSPS) is 14.8. The van der Waals surface area contributed by atoms with E-state index >= 15 is 0 Å². The number of hydrogen-bond acceptors (Lipinski definition) is 1. The van der Waals surface area contributed by atoms with Gasteiger partial charge in [0.1, 0.15) is 0 Å². The van der Waals surface area contributed by atoms with Gasteiger partial charge in [-0.1, -0.05) is 44.0 Å². The van der Waals surface area contributed by atoms with Crippen molar-refractivity contribution in [1.29, 1.82) is 0 Å². The fourth-order valence-corrected chi connectivity index (χ4v) is 2.08. The first kappa shape index (κ1) is 13.5. The summed E-state index contributed by atoms with van der Waals surface area (Å²) in [5, 5.41) is 4.46. The molecule has 2 unspecified atom stereocenters. The summed E-state index contributed by atoms with van der Waals surface area (Å²) in [5.74, 6) is 0. The Kier molecular flexibility index (Phi) is 5.86. The fourth-order valence-electron chi connectivity index (χ4n) is 1.96. The lowest BCUT2D eigenvalue weighted by Crippen LogP contribution is -2.30. The zero-order chi connectivity index (χ0) is 12.0. The predicted octanol–water partition coefficient (Wildman–Crippen LogP) is 4.57. The summed E-state index contributed by atoms with van der Waals surface area (Å²) < 4.78 is 0. The molecule has 0 fully saturated rings. The maximum Gasteiger partial charge on any atom is 0.0406 e. The second-order valence-electron chi connectivity index (χ2n) is 4.33. The van der Waals surface area contributed by atoms with Crippen LogP contribution in [0.25, 0.3) is 0 Å². The lowest BCUT2D eigenvalue weighted by Gasteiger charge is -2.22. The highest BCUT2D eigenvalue weighted by molar-refractivity contribution is 6.30. The van der Waals surface area contributed by atoms with E-state index in [2.05, 4.69) is 38.2 Å². The van der Waals surface area contributed by atoms with Crippen molar-refractivity contribution in [3.05, 3.63) is 34.9 Å². The van der Waals surface area contributed by atoms with Gasteiger partial charge in [-0.25, -0.2) is 0 Å². The molecule has 16 heavy (non-hydrogen) atoms. The van der Waals surface area contributed by atoms with Crippen LogP contribution in [-0.4, -0.2) is 6.04 Å². The highest BCUT2D eigenvalue weighted by Gasteiger charge is 2.10. The maximum atomic E-state index is 5.88. The van der Waals surface area contributed by atoms with Crippen molar-refractivity contribution < 1.29 is 0 Å². The van der Waals surface area contributed by atoms with Gasteiger partial charge in [0.05, 0.1) is 0 Å². The first-order chi connectivity index (χ1) is 7.67. The zero-order valence-electron chi connectivity index (χ0n) is 10.5. The number of halogens is 1. The van der Waals surface area contributed by atoms with Crippen molar-refractivity contribution in [3.8, 4) is 0 Å². The molecule has 0 saturated heterocycles. The number of nitrogens with one attached hydrogen (secondary N) is 1. The Morgan fingerprint density at radius 2 is 1.81 bits per heavy atom. The predicted molar refractivity (Wildman–Crippen MR) is 72.0 cm³/mol. The molecular weight excluding hydrogens is 218 g/mol. The molecule has 0 spiro atoms. The van der Waals surface area contributed by atoms with Crippen LogP contribution in [0, 0.1) is 0 Å². The van der Waals surface area contributed by atoms with Crippen molar-refractivity contribution in [1.82, 2.24) is 5.32 Å². The molecule has 2 atom stereocenters. The topological polar surface area (TPSA) is 12.0 Å². The molecule has 0 aliphatic rings. The van der Waals surface area contributed by atoms with E-state index in [0.29, 0.717) is 12.1 Å². The van der Waals surface area contributed by atoms with E-state index in [4.69, 9.17) is 11.6 Å². The van der Waals surface area contributed by atoms with Gasteiger partial charge < -0.3 is 5.32 Å². The van der Waals surface area contributed by atoms with Crippen LogP contribution in [0.4, 0.5) is 0 Å². The lowest BCUT2D eigenvalue weighted by atomic mass is 10.0. The lowest BCUT2D eigenvalue weighted by molar-refractivity contribution is 0.417. The van der Waals surface area contributed by atoms with Crippen molar-refractivity contribution in [2.75, 3.05) is 0 Å². The molecule has 90 valence electrons. The second-order valence-corrected chi connectivity index (χ2v) is 4.77. The van der Waals surface area contributed by atoms with Gasteiger partial charge in [-0.2, -0.15) is 0 Å². The molecule has 0 amide bonds. The summed E-state index contributed by atoms with van der Waals surface area (Å²) in [7, 11) is 0. The molecular formula is C14H22ClN. The minimum absolute atomic E-state index is 0.397. The molecule has 1 aromatic rings. The molecule has 0 heterocycles. The van der Waals surface area contributed by atoms with E-state index in [1.165, 1.54) is 24.8 Å². The van der Waals surface area contributed by atoms with Gasteiger partial charge in [-0.05, 0) is 37.5 Å². The number of hydrogen-bond donors (Lipinski definition) is 1. The Bertz CT molecular complexity index is 294. The van der Waals surface area contributed by atoms with E-state index in [-0.39, 0.29) is 0 Å². The van der Waals surface area contributed by atoms with Crippen LogP contribution < -0.4 is 5.32 Å². The molecule has 0 aromatic heterocycles. The quantitative estimate of drug-likeness (QED) is 0.767. The van der Waals surface area contributed by atoms with Crippen LogP contribution >= 0.6 is 11.6 Å². The fraction of sp³-hybridized carbons (Fsp3) is 0.571. The van der Waals surface area contributed by atoms with E-state index in [9.17, 15) is 0 Å². The van der Waals surface area contributed by atoms with Gasteiger partial charge in [0.15, 0.2) is 0 Å². The van der Waals surface area contributed by atoms with Crippen molar-refractivity contribution in [3.63, 3.8) is 0 Å². The average molecular weight is 240 g/mol. The third-order valence-corrected chi connectivity index (χ3v) is 3.24. The summed E-state index contributed by atoms with van der Waals surface area (Å²) in [6.45, 7) is 6.68.